The van der Waals surface area contributed by atoms with Crippen LogP contribution in [0.25, 0.3) is 10.9 Å². The molecule has 0 unspecified atom stereocenters. The molecule has 1 aromatic carbocycles. The summed E-state index contributed by atoms with van der Waals surface area (Å²) in [6.45, 7) is 2.10. The summed E-state index contributed by atoms with van der Waals surface area (Å²) in [5, 5.41) is 5.12. The van der Waals surface area contributed by atoms with E-state index in [0.717, 1.165) is 16.2 Å². The number of H-pyrrole nitrogens is 1. The van der Waals surface area contributed by atoms with Crippen LogP contribution in [0.5, 0.6) is 0 Å². The third-order valence-corrected chi connectivity index (χ3v) is 2.86. The van der Waals surface area contributed by atoms with Gasteiger partial charge in [-0.05, 0) is 20.0 Å². The first-order valence-corrected chi connectivity index (χ1v) is 5.05. The van der Waals surface area contributed by atoms with E-state index in [9.17, 15) is 0 Å². The first kappa shape index (κ1) is 9.56. The molecule has 0 saturated heterocycles. The van der Waals surface area contributed by atoms with Gasteiger partial charge in [-0.3, -0.25) is 0 Å². The van der Waals surface area contributed by atoms with Gasteiger partial charge in [-0.25, -0.2) is 0 Å². The Balaban J connectivity index is 2.67. The maximum absolute atomic E-state index is 6.15. The molecule has 2 nitrogen and oxygen atoms in total. The third kappa shape index (κ3) is 1.41. The quantitative estimate of drug-likeness (QED) is 0.780. The van der Waals surface area contributed by atoms with Gasteiger partial charge in [0.2, 0.25) is 0 Å². The molecule has 0 fully saturated rings. The van der Waals surface area contributed by atoms with Gasteiger partial charge in [-0.1, -0.05) is 29.8 Å². The van der Waals surface area contributed by atoms with Crippen molar-refractivity contribution in [1.29, 1.82) is 0 Å². The van der Waals surface area contributed by atoms with Gasteiger partial charge in [0.05, 0.1) is 0 Å². The Hall–Kier alpha value is -0.990. The van der Waals surface area contributed by atoms with Crippen LogP contribution in [-0.4, -0.2) is 12.0 Å². The second kappa shape index (κ2) is 3.64. The van der Waals surface area contributed by atoms with Crippen molar-refractivity contribution in [2.75, 3.05) is 7.05 Å². The van der Waals surface area contributed by atoms with Crippen molar-refractivity contribution >= 4 is 22.5 Å². The van der Waals surface area contributed by atoms with Crippen LogP contribution in [0.15, 0.2) is 24.3 Å². The van der Waals surface area contributed by atoms with Crippen LogP contribution in [0.3, 0.4) is 0 Å². The number of nitrogens with one attached hydrogen (secondary N) is 2. The van der Waals surface area contributed by atoms with E-state index in [4.69, 9.17) is 11.6 Å². The number of hydrogen-bond acceptors (Lipinski definition) is 1. The van der Waals surface area contributed by atoms with Crippen LogP contribution in [0, 0.1) is 0 Å². The zero-order chi connectivity index (χ0) is 10.1. The van der Waals surface area contributed by atoms with Crippen molar-refractivity contribution in [2.24, 2.45) is 0 Å². The summed E-state index contributed by atoms with van der Waals surface area (Å²) < 4.78 is 0. The second-order valence-electron chi connectivity index (χ2n) is 3.41. The maximum Gasteiger partial charge on any atom is 0.112 e. The van der Waals surface area contributed by atoms with Gasteiger partial charge in [-0.2, -0.15) is 0 Å². The highest BCUT2D eigenvalue weighted by Crippen LogP contribution is 2.30. The van der Waals surface area contributed by atoms with Crippen LogP contribution < -0.4 is 5.32 Å². The van der Waals surface area contributed by atoms with E-state index in [1.165, 1.54) is 5.39 Å². The molecule has 0 radical (unpaired) electrons. The molecule has 2 aromatic rings. The molecule has 0 amide bonds. The van der Waals surface area contributed by atoms with Crippen molar-refractivity contribution in [3.8, 4) is 0 Å². The number of para-hydroxylation sites is 1. The normalized spacial score (nSPS) is 13.4. The van der Waals surface area contributed by atoms with Gasteiger partial charge in [0.25, 0.3) is 0 Å². The molecular formula is C11H13ClN2. The van der Waals surface area contributed by atoms with Gasteiger partial charge in [0, 0.05) is 22.5 Å². The number of rotatable bonds is 2. The van der Waals surface area contributed by atoms with E-state index in [1.54, 1.807) is 0 Å². The van der Waals surface area contributed by atoms with Gasteiger partial charge >= 0.3 is 0 Å². The molecule has 3 heteroatoms. The second-order valence-corrected chi connectivity index (χ2v) is 3.79. The van der Waals surface area contributed by atoms with Gasteiger partial charge < -0.3 is 10.3 Å². The lowest BCUT2D eigenvalue weighted by Gasteiger charge is -2.09. The van der Waals surface area contributed by atoms with E-state index < -0.39 is 0 Å². The fourth-order valence-electron chi connectivity index (χ4n) is 1.70. The fraction of sp³-hybridized carbons (Fsp3) is 0.273. The lowest BCUT2D eigenvalue weighted by atomic mass is 10.1. The molecule has 1 aromatic heterocycles. The summed E-state index contributed by atoms with van der Waals surface area (Å²) in [5.74, 6) is 0. The van der Waals surface area contributed by atoms with Crippen LogP contribution in [0.2, 0.25) is 5.15 Å². The average Bonchev–Trinajstić information content (AvgIpc) is 2.53. The minimum atomic E-state index is 0.263. The van der Waals surface area contributed by atoms with Crippen molar-refractivity contribution in [2.45, 2.75) is 13.0 Å². The molecule has 1 atom stereocenters. The molecule has 0 aliphatic heterocycles. The van der Waals surface area contributed by atoms with Crippen molar-refractivity contribution < 1.29 is 0 Å². The van der Waals surface area contributed by atoms with E-state index in [1.807, 2.05) is 25.2 Å². The molecule has 14 heavy (non-hydrogen) atoms. The number of fused-ring (bicyclic) bond motifs is 1. The number of aromatic amines is 1. The number of aromatic nitrogens is 1. The predicted molar refractivity (Wildman–Crippen MR) is 60.8 cm³/mol. The molecule has 0 spiro atoms. The third-order valence-electron chi connectivity index (χ3n) is 2.56. The highest BCUT2D eigenvalue weighted by molar-refractivity contribution is 6.31. The Labute approximate surface area is 88.3 Å². The molecule has 1 heterocycles. The van der Waals surface area contributed by atoms with Crippen LogP contribution in [0.4, 0.5) is 0 Å². The molecule has 2 rings (SSSR count). The zero-order valence-electron chi connectivity index (χ0n) is 8.26. The van der Waals surface area contributed by atoms with E-state index >= 15 is 0 Å². The molecule has 0 aliphatic rings. The molecule has 74 valence electrons. The van der Waals surface area contributed by atoms with Crippen LogP contribution >= 0.6 is 11.6 Å². The fourth-order valence-corrected chi connectivity index (χ4v) is 2.07. The lowest BCUT2D eigenvalue weighted by Crippen LogP contribution is -2.12. The van der Waals surface area contributed by atoms with Crippen molar-refractivity contribution in [1.82, 2.24) is 10.3 Å². The minimum Gasteiger partial charge on any atom is -0.345 e. The first-order chi connectivity index (χ1) is 6.74. The average molecular weight is 209 g/mol. The minimum absolute atomic E-state index is 0.263. The number of benzene rings is 1. The Morgan fingerprint density at radius 3 is 2.79 bits per heavy atom. The predicted octanol–water partition coefficient (Wildman–Crippen LogP) is 3.10. The summed E-state index contributed by atoms with van der Waals surface area (Å²) >= 11 is 6.15. The molecule has 2 N–H and O–H groups in total. The SMILES string of the molecule is CN[C@H](C)c1c(Cl)[nH]c2ccccc12. The number of halogens is 1. The summed E-state index contributed by atoms with van der Waals surface area (Å²) in [7, 11) is 1.93. The molecule has 0 saturated carbocycles. The monoisotopic (exact) mass is 208 g/mol. The standard InChI is InChI=1S/C11H13ClN2/c1-7(13-2)10-8-5-3-4-6-9(8)14-11(10)12/h3-7,13-14H,1-2H3/t7-/m1/s1. The van der Waals surface area contributed by atoms with E-state index in [-0.39, 0.29) is 6.04 Å². The Morgan fingerprint density at radius 2 is 2.07 bits per heavy atom. The number of hydrogen-bond donors (Lipinski definition) is 2. The first-order valence-electron chi connectivity index (χ1n) is 4.67. The van der Waals surface area contributed by atoms with Gasteiger partial charge in [0.15, 0.2) is 0 Å². The summed E-state index contributed by atoms with van der Waals surface area (Å²) in [4.78, 5) is 3.17. The topological polar surface area (TPSA) is 27.8 Å². The summed E-state index contributed by atoms with van der Waals surface area (Å²) in [6.07, 6.45) is 0. The van der Waals surface area contributed by atoms with E-state index in [2.05, 4.69) is 23.3 Å². The van der Waals surface area contributed by atoms with Crippen LogP contribution in [-0.2, 0) is 0 Å². The van der Waals surface area contributed by atoms with Crippen LogP contribution in [0.1, 0.15) is 18.5 Å². The van der Waals surface area contributed by atoms with Crippen molar-refractivity contribution in [3.05, 3.63) is 35.0 Å². The zero-order valence-corrected chi connectivity index (χ0v) is 9.02. The summed E-state index contributed by atoms with van der Waals surface area (Å²) in [5.41, 5.74) is 2.24. The van der Waals surface area contributed by atoms with Gasteiger partial charge in [-0.15, -0.1) is 0 Å². The highest BCUT2D eigenvalue weighted by Gasteiger charge is 2.13. The Kier molecular flexibility index (Phi) is 2.48. The van der Waals surface area contributed by atoms with Gasteiger partial charge in [0.1, 0.15) is 5.15 Å². The largest absolute Gasteiger partial charge is 0.345 e. The Bertz CT molecular complexity index is 447. The molecule has 0 aliphatic carbocycles. The lowest BCUT2D eigenvalue weighted by molar-refractivity contribution is 0.657. The van der Waals surface area contributed by atoms with Crippen molar-refractivity contribution in [3.63, 3.8) is 0 Å². The smallest absolute Gasteiger partial charge is 0.112 e. The molecule has 0 bridgehead atoms. The Morgan fingerprint density at radius 1 is 1.36 bits per heavy atom. The molecular weight excluding hydrogens is 196 g/mol. The maximum atomic E-state index is 6.15. The highest BCUT2D eigenvalue weighted by atomic mass is 35.5. The summed E-state index contributed by atoms with van der Waals surface area (Å²) in [6, 6.07) is 8.41. The van der Waals surface area contributed by atoms with E-state index in [0.29, 0.717) is 0 Å².